The molecule has 0 aromatic heterocycles. The van der Waals surface area contributed by atoms with Crippen molar-refractivity contribution in [3.63, 3.8) is 0 Å². The number of ketones is 1. The van der Waals surface area contributed by atoms with Gasteiger partial charge in [0.2, 0.25) is 5.91 Å². The molecule has 29 heavy (non-hydrogen) atoms. The van der Waals surface area contributed by atoms with Crippen LogP contribution < -0.4 is 5.32 Å². The van der Waals surface area contributed by atoms with Gasteiger partial charge in [-0.3, -0.25) is 9.59 Å². The van der Waals surface area contributed by atoms with Crippen LogP contribution in [0.3, 0.4) is 0 Å². The summed E-state index contributed by atoms with van der Waals surface area (Å²) < 4.78 is 31.5. The summed E-state index contributed by atoms with van der Waals surface area (Å²) in [5, 5.41) is 1.41. The number of carbonyl (C=O) groups is 2. The van der Waals surface area contributed by atoms with E-state index < -0.39 is 33.1 Å². The van der Waals surface area contributed by atoms with Crippen LogP contribution in [0.2, 0.25) is 0 Å². The van der Waals surface area contributed by atoms with Crippen LogP contribution in [0.15, 0.2) is 24.3 Å². The fraction of sp³-hybridized carbons (Fsp3) is 0.636. The van der Waals surface area contributed by atoms with Crippen molar-refractivity contribution in [2.45, 2.75) is 76.5 Å². The lowest BCUT2D eigenvalue weighted by Crippen LogP contribution is -2.50. The lowest BCUT2D eigenvalue weighted by molar-refractivity contribution is -0.126. The summed E-state index contributed by atoms with van der Waals surface area (Å²) in [4.78, 5) is 24.8. The minimum absolute atomic E-state index is 0.0109. The number of hydrogen-bond acceptors (Lipinski definition) is 5. The van der Waals surface area contributed by atoms with E-state index in [9.17, 15) is 18.0 Å². The topological polar surface area (TPSA) is 89.5 Å². The van der Waals surface area contributed by atoms with E-state index in [2.05, 4.69) is 26.1 Å². The number of Topliss-reactive ketones (excluding diaryl/α,β-unsaturated/α-hetero) is 1. The number of sulfone groups is 1. The lowest BCUT2D eigenvalue weighted by atomic mass is 9.87. The Morgan fingerprint density at radius 2 is 1.79 bits per heavy atom. The molecule has 162 valence electrons. The number of hydrogen-bond donors (Lipinski definition) is 1. The molecule has 1 aromatic carbocycles. The van der Waals surface area contributed by atoms with Gasteiger partial charge in [-0.25, -0.2) is 8.42 Å². The molecule has 7 heteroatoms. The molecule has 1 fully saturated rings. The van der Waals surface area contributed by atoms with Gasteiger partial charge < -0.3 is 10.1 Å². The van der Waals surface area contributed by atoms with Gasteiger partial charge in [0, 0.05) is 0 Å². The van der Waals surface area contributed by atoms with Crippen LogP contribution in [-0.2, 0) is 35.3 Å². The molecule has 0 saturated carbocycles. The fourth-order valence-electron chi connectivity index (χ4n) is 3.38. The first-order chi connectivity index (χ1) is 13.3. The SMILES string of the molecule is CC(C)C[C@H](C(=O)N[C@H]1C(=O)CO[C@@H]1C)S(=O)(=O)Cc1ccc(C(C)(C)C)cc1. The second-order valence-corrected chi connectivity index (χ2v) is 11.5. The van der Waals surface area contributed by atoms with Crippen molar-refractivity contribution in [1.29, 1.82) is 0 Å². The highest BCUT2D eigenvalue weighted by Gasteiger charge is 2.39. The minimum Gasteiger partial charge on any atom is -0.368 e. The predicted molar refractivity (Wildman–Crippen MR) is 113 cm³/mol. The van der Waals surface area contributed by atoms with Crippen LogP contribution >= 0.6 is 0 Å². The molecule has 1 aromatic rings. The van der Waals surface area contributed by atoms with Gasteiger partial charge in [0.15, 0.2) is 15.6 Å². The highest BCUT2D eigenvalue weighted by molar-refractivity contribution is 7.92. The molecule has 1 saturated heterocycles. The van der Waals surface area contributed by atoms with Gasteiger partial charge in [0.05, 0.1) is 11.9 Å². The Morgan fingerprint density at radius 3 is 2.24 bits per heavy atom. The van der Waals surface area contributed by atoms with E-state index in [1.54, 1.807) is 19.1 Å². The molecule has 1 aliphatic heterocycles. The molecule has 1 heterocycles. The molecule has 0 radical (unpaired) electrons. The first-order valence-corrected chi connectivity index (χ1v) is 11.8. The Balaban J connectivity index is 2.21. The molecule has 6 nitrogen and oxygen atoms in total. The standard InChI is InChI=1S/C22H33NO5S/c1-14(2)11-19(21(25)23-20-15(3)28-12-18(20)24)29(26,27)13-16-7-9-17(10-8-16)22(4,5)6/h7-10,14-15,19-20H,11-13H2,1-6H3,(H,23,25)/t15-,19-,20-/m1/s1. The average molecular weight is 424 g/mol. The van der Waals surface area contributed by atoms with Crippen LogP contribution in [-0.4, -0.2) is 44.1 Å². The highest BCUT2D eigenvalue weighted by Crippen LogP contribution is 2.24. The molecule has 0 unspecified atom stereocenters. The van der Waals surface area contributed by atoms with Gasteiger partial charge in [-0.15, -0.1) is 0 Å². The van der Waals surface area contributed by atoms with Crippen molar-refractivity contribution in [2.75, 3.05) is 6.61 Å². The van der Waals surface area contributed by atoms with Crippen molar-refractivity contribution in [2.24, 2.45) is 5.92 Å². The Hall–Kier alpha value is -1.73. The van der Waals surface area contributed by atoms with Crippen LogP contribution in [0.4, 0.5) is 0 Å². The Morgan fingerprint density at radius 1 is 1.21 bits per heavy atom. The Kier molecular flexibility index (Phi) is 7.28. The number of carbonyl (C=O) groups excluding carboxylic acids is 2. The van der Waals surface area contributed by atoms with Crippen molar-refractivity contribution in [3.8, 4) is 0 Å². The highest BCUT2D eigenvalue weighted by atomic mass is 32.2. The first-order valence-electron chi connectivity index (χ1n) is 10.1. The fourth-order valence-corrected chi connectivity index (χ4v) is 5.31. The van der Waals surface area contributed by atoms with E-state index in [0.717, 1.165) is 5.56 Å². The predicted octanol–water partition coefficient (Wildman–Crippen LogP) is 2.79. The van der Waals surface area contributed by atoms with Crippen molar-refractivity contribution in [1.82, 2.24) is 5.32 Å². The molecule has 3 atom stereocenters. The smallest absolute Gasteiger partial charge is 0.239 e. The minimum atomic E-state index is -3.76. The van der Waals surface area contributed by atoms with Gasteiger partial charge in [-0.2, -0.15) is 0 Å². The maximum absolute atomic E-state index is 13.1. The summed E-state index contributed by atoms with van der Waals surface area (Å²) in [6, 6.07) is 6.67. The molecular weight excluding hydrogens is 390 g/mol. The van der Waals surface area contributed by atoms with Crippen LogP contribution in [0.5, 0.6) is 0 Å². The number of rotatable bonds is 7. The lowest BCUT2D eigenvalue weighted by Gasteiger charge is -2.23. The quantitative estimate of drug-likeness (QED) is 0.728. The largest absolute Gasteiger partial charge is 0.368 e. The van der Waals surface area contributed by atoms with Crippen LogP contribution in [0, 0.1) is 5.92 Å². The molecule has 0 spiro atoms. The number of ether oxygens (including phenoxy) is 1. The molecule has 1 N–H and O–H groups in total. The van der Waals surface area contributed by atoms with E-state index in [0.29, 0.717) is 5.56 Å². The van der Waals surface area contributed by atoms with E-state index in [1.807, 2.05) is 26.0 Å². The maximum Gasteiger partial charge on any atom is 0.239 e. The maximum atomic E-state index is 13.1. The summed E-state index contributed by atoms with van der Waals surface area (Å²) >= 11 is 0. The first kappa shape index (κ1) is 23.5. The zero-order valence-electron chi connectivity index (χ0n) is 18.2. The summed E-state index contributed by atoms with van der Waals surface area (Å²) in [6.07, 6.45) is -0.261. The Labute approximate surface area is 174 Å². The zero-order valence-corrected chi connectivity index (χ0v) is 19.0. The summed E-state index contributed by atoms with van der Waals surface area (Å²) in [5.41, 5.74) is 1.74. The van der Waals surface area contributed by atoms with E-state index >= 15 is 0 Å². The molecule has 1 aliphatic rings. The van der Waals surface area contributed by atoms with E-state index in [1.165, 1.54) is 0 Å². The van der Waals surface area contributed by atoms with Crippen molar-refractivity contribution < 1.29 is 22.7 Å². The summed E-state index contributed by atoms with van der Waals surface area (Å²) in [7, 11) is -3.76. The second-order valence-electron chi connectivity index (χ2n) is 9.34. The third-order valence-electron chi connectivity index (χ3n) is 5.20. The van der Waals surface area contributed by atoms with Crippen LogP contribution in [0.25, 0.3) is 0 Å². The number of benzene rings is 1. The van der Waals surface area contributed by atoms with Gasteiger partial charge >= 0.3 is 0 Å². The number of amides is 1. The zero-order chi connectivity index (χ0) is 22.0. The van der Waals surface area contributed by atoms with Crippen LogP contribution in [0.1, 0.15) is 59.1 Å². The average Bonchev–Trinajstić information content (AvgIpc) is 2.90. The van der Waals surface area contributed by atoms with Gasteiger partial charge in [0.25, 0.3) is 0 Å². The summed E-state index contributed by atoms with van der Waals surface area (Å²) in [5.74, 6) is -1.06. The van der Waals surface area contributed by atoms with E-state index in [4.69, 9.17) is 4.74 Å². The summed E-state index contributed by atoms with van der Waals surface area (Å²) in [6.45, 7) is 11.7. The van der Waals surface area contributed by atoms with Crippen molar-refractivity contribution >= 4 is 21.5 Å². The van der Waals surface area contributed by atoms with Gasteiger partial charge in [-0.1, -0.05) is 58.9 Å². The number of nitrogens with one attached hydrogen (secondary N) is 1. The molecule has 1 amide bonds. The second kappa shape index (κ2) is 8.96. The molecule has 0 aliphatic carbocycles. The molecular formula is C22H33NO5S. The van der Waals surface area contributed by atoms with Gasteiger partial charge in [-0.05, 0) is 35.8 Å². The van der Waals surface area contributed by atoms with Gasteiger partial charge in [0.1, 0.15) is 17.9 Å². The normalized spacial score (nSPS) is 21.4. The molecule has 2 rings (SSSR count). The third kappa shape index (κ3) is 6.12. The molecule has 0 bridgehead atoms. The van der Waals surface area contributed by atoms with Crippen molar-refractivity contribution in [3.05, 3.63) is 35.4 Å². The Bertz CT molecular complexity index is 837. The monoisotopic (exact) mass is 423 g/mol. The third-order valence-corrected chi connectivity index (χ3v) is 7.21. The van der Waals surface area contributed by atoms with E-state index in [-0.39, 0.29) is 35.9 Å².